The summed E-state index contributed by atoms with van der Waals surface area (Å²) in [7, 11) is -4.22. The van der Waals surface area contributed by atoms with E-state index in [4.69, 9.17) is 5.11 Å². The number of nitrogens with zero attached hydrogens (tertiary/aromatic N) is 1. The van der Waals surface area contributed by atoms with Crippen molar-refractivity contribution in [2.75, 3.05) is 0 Å². The topological polar surface area (TPSA) is 96.6 Å². The molecule has 0 fully saturated rings. The van der Waals surface area contributed by atoms with Crippen LogP contribution in [0.5, 0.6) is 5.75 Å². The van der Waals surface area contributed by atoms with Gasteiger partial charge in [0.1, 0.15) is 11.3 Å². The highest BCUT2D eigenvalue weighted by Gasteiger charge is 2.32. The SMILES string of the molecule is CC(C)c1ccc(S(=O)(=O)n2c(Cc3ccc(C(=O)O)c(O)c3)cc3cc(C(F)(F)F)ccc32)cc1. The zero-order chi connectivity index (χ0) is 26.4. The largest absolute Gasteiger partial charge is 0.507 e. The number of hydrogen-bond acceptors (Lipinski definition) is 4. The lowest BCUT2D eigenvalue weighted by molar-refractivity contribution is -0.137. The molecule has 2 N–H and O–H groups in total. The van der Waals surface area contributed by atoms with Gasteiger partial charge in [-0.1, -0.05) is 32.0 Å². The van der Waals surface area contributed by atoms with Gasteiger partial charge in [0, 0.05) is 17.5 Å². The first-order chi connectivity index (χ1) is 16.8. The number of fused-ring (bicyclic) bond motifs is 1. The third-order valence-electron chi connectivity index (χ3n) is 5.92. The van der Waals surface area contributed by atoms with Crippen LogP contribution < -0.4 is 0 Å². The summed E-state index contributed by atoms with van der Waals surface area (Å²) in [5, 5.41) is 19.3. The lowest BCUT2D eigenvalue weighted by Gasteiger charge is -2.14. The molecule has 0 spiro atoms. The molecule has 0 saturated carbocycles. The maximum Gasteiger partial charge on any atom is 0.416 e. The van der Waals surface area contributed by atoms with Gasteiger partial charge in [-0.25, -0.2) is 17.2 Å². The molecule has 0 atom stereocenters. The van der Waals surface area contributed by atoms with E-state index < -0.39 is 33.5 Å². The van der Waals surface area contributed by atoms with E-state index in [1.807, 2.05) is 13.8 Å². The van der Waals surface area contributed by atoms with Crippen molar-refractivity contribution in [3.63, 3.8) is 0 Å². The van der Waals surface area contributed by atoms with Crippen LogP contribution in [0, 0.1) is 0 Å². The Balaban J connectivity index is 1.90. The number of carboxylic acid groups (broad SMARTS) is 1. The molecule has 6 nitrogen and oxygen atoms in total. The van der Waals surface area contributed by atoms with E-state index in [-0.39, 0.29) is 39.4 Å². The zero-order valence-corrected chi connectivity index (χ0v) is 20.1. The van der Waals surface area contributed by atoms with Gasteiger partial charge in [0.05, 0.1) is 16.0 Å². The van der Waals surface area contributed by atoms with Gasteiger partial charge >= 0.3 is 12.1 Å². The Kier molecular flexibility index (Phi) is 6.34. The van der Waals surface area contributed by atoms with Crippen LogP contribution in [0.1, 0.15) is 52.5 Å². The van der Waals surface area contributed by atoms with Gasteiger partial charge in [0.2, 0.25) is 0 Å². The highest BCUT2D eigenvalue weighted by Crippen LogP contribution is 2.35. The molecule has 0 aliphatic heterocycles. The number of phenols is 1. The Hall–Kier alpha value is -3.79. The number of benzene rings is 3. The molecule has 4 aromatic rings. The Morgan fingerprint density at radius 1 is 0.972 bits per heavy atom. The van der Waals surface area contributed by atoms with Gasteiger partial charge in [0.25, 0.3) is 10.0 Å². The van der Waals surface area contributed by atoms with E-state index in [1.54, 1.807) is 12.1 Å². The van der Waals surface area contributed by atoms with Crippen molar-refractivity contribution < 1.29 is 36.6 Å². The molecule has 36 heavy (non-hydrogen) atoms. The van der Waals surface area contributed by atoms with Crippen molar-refractivity contribution in [1.29, 1.82) is 0 Å². The molecular weight excluding hydrogens is 495 g/mol. The van der Waals surface area contributed by atoms with Crippen LogP contribution in [0.4, 0.5) is 13.2 Å². The predicted octanol–water partition coefficient (Wildman–Crippen LogP) is 6.02. The van der Waals surface area contributed by atoms with Crippen LogP contribution in [-0.4, -0.2) is 28.6 Å². The second-order valence-electron chi connectivity index (χ2n) is 8.73. The summed E-state index contributed by atoms with van der Waals surface area (Å²) in [6.07, 6.45) is -4.70. The van der Waals surface area contributed by atoms with Crippen molar-refractivity contribution in [2.24, 2.45) is 0 Å². The average Bonchev–Trinajstić information content (AvgIpc) is 3.16. The molecule has 0 amide bonds. The molecule has 0 radical (unpaired) electrons. The summed E-state index contributed by atoms with van der Waals surface area (Å²) in [6.45, 7) is 3.93. The van der Waals surface area contributed by atoms with Gasteiger partial charge in [-0.15, -0.1) is 0 Å². The maximum atomic E-state index is 13.7. The molecule has 188 valence electrons. The highest BCUT2D eigenvalue weighted by atomic mass is 32.2. The van der Waals surface area contributed by atoms with Gasteiger partial charge in [-0.3, -0.25) is 0 Å². The summed E-state index contributed by atoms with van der Waals surface area (Å²) in [6, 6.07) is 14.3. The third-order valence-corrected chi connectivity index (χ3v) is 7.70. The molecule has 4 rings (SSSR count). The second kappa shape index (κ2) is 9.02. The average molecular weight is 518 g/mol. The smallest absolute Gasteiger partial charge is 0.416 e. The minimum atomic E-state index is -4.61. The first-order valence-corrected chi connectivity index (χ1v) is 12.4. The number of aromatic hydroxyl groups is 1. The fourth-order valence-corrected chi connectivity index (χ4v) is 5.58. The van der Waals surface area contributed by atoms with E-state index in [9.17, 15) is 31.5 Å². The van der Waals surface area contributed by atoms with Gasteiger partial charge < -0.3 is 10.2 Å². The monoisotopic (exact) mass is 517 g/mol. The van der Waals surface area contributed by atoms with E-state index >= 15 is 0 Å². The van der Waals surface area contributed by atoms with Crippen molar-refractivity contribution in [2.45, 2.75) is 37.3 Å². The molecule has 10 heteroatoms. The number of hydrogen-bond donors (Lipinski definition) is 2. The predicted molar refractivity (Wildman–Crippen MR) is 128 cm³/mol. The maximum absolute atomic E-state index is 13.7. The van der Waals surface area contributed by atoms with Gasteiger partial charge in [-0.05, 0) is 65.6 Å². The number of halogens is 3. The lowest BCUT2D eigenvalue weighted by Crippen LogP contribution is -2.16. The first kappa shape index (κ1) is 25.3. The van der Waals surface area contributed by atoms with Crippen LogP contribution in [-0.2, 0) is 22.6 Å². The molecule has 1 heterocycles. The Morgan fingerprint density at radius 3 is 2.19 bits per heavy atom. The summed E-state index contributed by atoms with van der Waals surface area (Å²) < 4.78 is 68.4. The summed E-state index contributed by atoms with van der Waals surface area (Å²) in [4.78, 5) is 11.2. The first-order valence-electron chi connectivity index (χ1n) is 10.9. The fraction of sp³-hybridized carbons (Fsp3) is 0.192. The molecule has 1 aromatic heterocycles. The quantitative estimate of drug-likeness (QED) is 0.326. The number of rotatable bonds is 6. The zero-order valence-electron chi connectivity index (χ0n) is 19.2. The van der Waals surface area contributed by atoms with Crippen molar-refractivity contribution >= 4 is 26.9 Å². The Labute approximate surface area is 205 Å². The van der Waals surface area contributed by atoms with E-state index in [1.165, 1.54) is 36.4 Å². The molecule has 0 aliphatic rings. The van der Waals surface area contributed by atoms with Crippen LogP contribution in [0.25, 0.3) is 10.9 Å². The number of carboxylic acids is 1. The summed E-state index contributed by atoms with van der Waals surface area (Å²) in [5.41, 5.74) is 0.281. The molecule has 0 unspecified atom stereocenters. The number of aromatic carboxylic acids is 1. The van der Waals surface area contributed by atoms with E-state index in [0.29, 0.717) is 5.56 Å². The molecule has 0 aliphatic carbocycles. The van der Waals surface area contributed by atoms with Crippen LogP contribution in [0.15, 0.2) is 71.6 Å². The van der Waals surface area contributed by atoms with Crippen LogP contribution >= 0.6 is 0 Å². The standard InChI is InChI=1S/C26H22F3NO5S/c1-15(2)17-4-7-21(8-5-17)36(34,35)30-20(11-16-3-9-22(25(32)33)24(31)12-16)14-18-13-19(26(27,28)29)6-10-23(18)30/h3-10,12-15,31H,11H2,1-2H3,(H,32,33). The molecule has 0 bridgehead atoms. The molecular formula is C26H22F3NO5S. The van der Waals surface area contributed by atoms with Crippen molar-refractivity contribution in [1.82, 2.24) is 3.97 Å². The van der Waals surface area contributed by atoms with E-state index in [2.05, 4.69) is 0 Å². The van der Waals surface area contributed by atoms with Crippen LogP contribution in [0.2, 0.25) is 0 Å². The third kappa shape index (κ3) is 4.68. The Morgan fingerprint density at radius 2 is 1.64 bits per heavy atom. The fourth-order valence-electron chi connectivity index (χ4n) is 4.04. The van der Waals surface area contributed by atoms with Crippen molar-refractivity contribution in [3.05, 3.63) is 94.7 Å². The minimum Gasteiger partial charge on any atom is -0.507 e. The molecule has 0 saturated heterocycles. The second-order valence-corrected chi connectivity index (χ2v) is 10.5. The molecule has 3 aromatic carbocycles. The highest BCUT2D eigenvalue weighted by molar-refractivity contribution is 7.90. The van der Waals surface area contributed by atoms with E-state index in [0.717, 1.165) is 27.7 Å². The minimum absolute atomic E-state index is 0.0328. The van der Waals surface area contributed by atoms with Gasteiger partial charge in [0.15, 0.2) is 0 Å². The number of aromatic nitrogens is 1. The number of carbonyl (C=O) groups is 1. The lowest BCUT2D eigenvalue weighted by atomic mass is 10.0. The van der Waals surface area contributed by atoms with Crippen molar-refractivity contribution in [3.8, 4) is 5.75 Å². The summed E-state index contributed by atoms with van der Waals surface area (Å²) in [5.74, 6) is -1.67. The van der Waals surface area contributed by atoms with Crippen LogP contribution in [0.3, 0.4) is 0 Å². The van der Waals surface area contributed by atoms with Gasteiger partial charge in [-0.2, -0.15) is 13.2 Å². The normalized spacial score (nSPS) is 12.4. The number of alkyl halides is 3. The summed E-state index contributed by atoms with van der Waals surface area (Å²) >= 11 is 0. The Bertz CT molecular complexity index is 1570.